The molecule has 5 nitrogen and oxygen atoms in total. The van der Waals surface area contributed by atoms with Gasteiger partial charge in [0.15, 0.2) is 11.0 Å². The largest absolute Gasteiger partial charge is 0.341 e. The van der Waals surface area contributed by atoms with E-state index in [-0.39, 0.29) is 0 Å². The Morgan fingerprint density at radius 3 is 2.47 bits per heavy atom. The molecule has 2 aromatic heterocycles. The Morgan fingerprint density at radius 1 is 0.933 bits per heavy atom. The minimum absolute atomic E-state index is 0.657. The molecule has 0 spiro atoms. The van der Waals surface area contributed by atoms with Crippen molar-refractivity contribution >= 4 is 50.3 Å². The molecule has 1 N–H and O–H groups in total. The van der Waals surface area contributed by atoms with Crippen LogP contribution >= 0.6 is 39.3 Å². The number of thioether (sulfide) groups is 1. The molecule has 30 heavy (non-hydrogen) atoms. The molecule has 0 aliphatic heterocycles. The van der Waals surface area contributed by atoms with Crippen LogP contribution in [0.15, 0.2) is 82.4 Å². The second-order valence-electron chi connectivity index (χ2n) is 6.61. The van der Waals surface area contributed by atoms with Crippen LogP contribution in [0, 0.1) is 0 Å². The van der Waals surface area contributed by atoms with E-state index in [1.54, 1.807) is 11.8 Å². The zero-order chi connectivity index (χ0) is 20.5. The minimum Gasteiger partial charge on any atom is -0.341 e. The molecule has 0 aliphatic carbocycles. The first-order chi connectivity index (χ1) is 14.7. The molecule has 0 radical (unpaired) electrons. The molecule has 5 aromatic rings. The third kappa shape index (κ3) is 3.88. The van der Waals surface area contributed by atoms with Gasteiger partial charge in [-0.15, -0.1) is 10.2 Å². The van der Waals surface area contributed by atoms with E-state index in [0.29, 0.717) is 10.8 Å². The van der Waals surface area contributed by atoms with Gasteiger partial charge in [-0.2, -0.15) is 0 Å². The summed E-state index contributed by atoms with van der Waals surface area (Å²) in [6.07, 6.45) is 0. The van der Waals surface area contributed by atoms with Crippen LogP contribution in [0.25, 0.3) is 28.1 Å². The summed E-state index contributed by atoms with van der Waals surface area (Å²) in [4.78, 5) is 8.03. The topological polar surface area (TPSA) is 59.4 Å². The van der Waals surface area contributed by atoms with Gasteiger partial charge < -0.3 is 4.98 Å². The Kier molecular flexibility index (Phi) is 5.33. The molecule has 5 rings (SSSR count). The van der Waals surface area contributed by atoms with E-state index in [0.717, 1.165) is 43.6 Å². The lowest BCUT2D eigenvalue weighted by Crippen LogP contribution is -2.00. The molecule has 8 heteroatoms. The zero-order valence-electron chi connectivity index (χ0n) is 15.6. The van der Waals surface area contributed by atoms with E-state index in [4.69, 9.17) is 11.6 Å². The molecular weight excluding hydrogens is 482 g/mol. The van der Waals surface area contributed by atoms with Crippen LogP contribution in [0.5, 0.6) is 0 Å². The van der Waals surface area contributed by atoms with Crippen molar-refractivity contribution in [1.29, 1.82) is 0 Å². The Bertz CT molecular complexity index is 1280. The standard InChI is InChI=1S/C22H15BrClN5S/c23-15-7-11-17(12-8-15)29-21(14-5-9-16(24)10-6-14)27-28-22(29)30-13-20-25-18-3-1-2-4-19(18)26-20/h1-12H,13H2,(H,25,26). The number of hydrogen-bond acceptors (Lipinski definition) is 4. The zero-order valence-corrected chi connectivity index (χ0v) is 18.7. The maximum absolute atomic E-state index is 6.07. The SMILES string of the molecule is Clc1ccc(-c2nnc(SCc3nc4ccccc4[nH]3)n2-c2ccc(Br)cc2)cc1. The smallest absolute Gasteiger partial charge is 0.196 e. The summed E-state index contributed by atoms with van der Waals surface area (Å²) in [5.41, 5.74) is 3.93. The lowest BCUT2D eigenvalue weighted by molar-refractivity contribution is 0.884. The molecule has 0 bridgehead atoms. The highest BCUT2D eigenvalue weighted by Crippen LogP contribution is 2.30. The number of nitrogens with one attached hydrogen (secondary N) is 1. The van der Waals surface area contributed by atoms with Crippen LogP contribution in [-0.2, 0) is 5.75 Å². The summed E-state index contributed by atoms with van der Waals surface area (Å²) >= 11 is 11.2. The Morgan fingerprint density at radius 2 is 1.70 bits per heavy atom. The van der Waals surface area contributed by atoms with Crippen LogP contribution in [0.4, 0.5) is 0 Å². The number of hydrogen-bond donors (Lipinski definition) is 1. The third-order valence-corrected chi connectivity index (χ3v) is 6.32. The van der Waals surface area contributed by atoms with Gasteiger partial charge in [0.1, 0.15) is 5.82 Å². The second-order valence-corrected chi connectivity index (χ2v) is 8.91. The molecule has 0 amide bonds. The van der Waals surface area contributed by atoms with E-state index in [2.05, 4.69) is 40.7 Å². The van der Waals surface area contributed by atoms with Gasteiger partial charge in [0, 0.05) is 20.7 Å². The summed E-state index contributed by atoms with van der Waals surface area (Å²) < 4.78 is 3.08. The molecular formula is C22H15BrClN5S. The maximum atomic E-state index is 6.07. The quantitative estimate of drug-likeness (QED) is 0.281. The Balaban J connectivity index is 1.52. The van der Waals surface area contributed by atoms with Gasteiger partial charge in [-0.3, -0.25) is 4.57 Å². The van der Waals surface area contributed by atoms with Gasteiger partial charge in [0.05, 0.1) is 16.8 Å². The first-order valence-electron chi connectivity index (χ1n) is 9.21. The van der Waals surface area contributed by atoms with E-state index < -0.39 is 0 Å². The number of halogens is 2. The summed E-state index contributed by atoms with van der Waals surface area (Å²) in [5, 5.41) is 10.4. The number of aromatic nitrogens is 5. The number of fused-ring (bicyclic) bond motifs is 1. The molecule has 3 aromatic carbocycles. The molecule has 0 atom stereocenters. The molecule has 0 saturated heterocycles. The van der Waals surface area contributed by atoms with E-state index in [9.17, 15) is 0 Å². The molecule has 0 unspecified atom stereocenters. The van der Waals surface area contributed by atoms with Gasteiger partial charge >= 0.3 is 0 Å². The fourth-order valence-corrected chi connectivity index (χ4v) is 4.39. The summed E-state index contributed by atoms with van der Waals surface area (Å²) in [7, 11) is 0. The predicted molar refractivity (Wildman–Crippen MR) is 125 cm³/mol. The Labute approximate surface area is 190 Å². The normalized spacial score (nSPS) is 11.3. The number of benzene rings is 3. The van der Waals surface area contributed by atoms with Crippen LogP contribution in [0.3, 0.4) is 0 Å². The van der Waals surface area contributed by atoms with E-state index in [1.807, 2.05) is 72.8 Å². The minimum atomic E-state index is 0.657. The molecule has 2 heterocycles. The van der Waals surface area contributed by atoms with Crippen molar-refractivity contribution in [2.75, 3.05) is 0 Å². The predicted octanol–water partition coefficient (Wildman–Crippen LogP) is 6.52. The van der Waals surface area contributed by atoms with Crippen molar-refractivity contribution in [3.8, 4) is 17.1 Å². The van der Waals surface area contributed by atoms with Crippen LogP contribution in [0.2, 0.25) is 5.02 Å². The van der Waals surface area contributed by atoms with Crippen LogP contribution in [-0.4, -0.2) is 24.7 Å². The number of imidazole rings is 1. The average Bonchev–Trinajstić information content (AvgIpc) is 3.37. The highest BCUT2D eigenvalue weighted by molar-refractivity contribution is 9.10. The van der Waals surface area contributed by atoms with Crippen molar-refractivity contribution in [2.45, 2.75) is 10.9 Å². The first-order valence-corrected chi connectivity index (χ1v) is 11.4. The lowest BCUT2D eigenvalue weighted by Gasteiger charge is -2.10. The fraction of sp³-hybridized carbons (Fsp3) is 0.0455. The monoisotopic (exact) mass is 495 g/mol. The number of H-pyrrole nitrogens is 1. The van der Waals surface area contributed by atoms with Gasteiger partial charge in [0.2, 0.25) is 0 Å². The fourth-order valence-electron chi connectivity index (χ4n) is 3.18. The number of nitrogens with zero attached hydrogens (tertiary/aromatic N) is 4. The van der Waals surface area contributed by atoms with Crippen LogP contribution < -0.4 is 0 Å². The second kappa shape index (κ2) is 8.26. The molecule has 0 saturated carbocycles. The van der Waals surface area contributed by atoms with Gasteiger partial charge in [0.25, 0.3) is 0 Å². The molecule has 0 fully saturated rings. The Hall–Kier alpha value is -2.61. The number of para-hydroxylation sites is 2. The summed E-state index contributed by atoms with van der Waals surface area (Å²) in [6, 6.07) is 23.7. The molecule has 148 valence electrons. The van der Waals surface area contributed by atoms with Crippen molar-refractivity contribution in [3.05, 3.63) is 88.1 Å². The van der Waals surface area contributed by atoms with Gasteiger partial charge in [-0.25, -0.2) is 4.98 Å². The van der Waals surface area contributed by atoms with Crippen LogP contribution in [0.1, 0.15) is 5.82 Å². The van der Waals surface area contributed by atoms with Gasteiger partial charge in [-0.1, -0.05) is 51.4 Å². The highest BCUT2D eigenvalue weighted by atomic mass is 79.9. The maximum Gasteiger partial charge on any atom is 0.196 e. The first kappa shape index (κ1) is 19.4. The van der Waals surface area contributed by atoms with E-state index in [1.165, 1.54) is 0 Å². The van der Waals surface area contributed by atoms with Crippen molar-refractivity contribution in [3.63, 3.8) is 0 Å². The number of rotatable bonds is 5. The van der Waals surface area contributed by atoms with E-state index >= 15 is 0 Å². The summed E-state index contributed by atoms with van der Waals surface area (Å²) in [6.45, 7) is 0. The third-order valence-electron chi connectivity index (χ3n) is 4.60. The average molecular weight is 497 g/mol. The lowest BCUT2D eigenvalue weighted by atomic mass is 10.2. The van der Waals surface area contributed by atoms with Crippen molar-refractivity contribution in [2.24, 2.45) is 0 Å². The summed E-state index contributed by atoms with van der Waals surface area (Å²) in [5.74, 6) is 2.32. The molecule has 0 aliphatic rings. The highest BCUT2D eigenvalue weighted by Gasteiger charge is 2.17. The number of aromatic amines is 1. The van der Waals surface area contributed by atoms with Crippen molar-refractivity contribution in [1.82, 2.24) is 24.7 Å². The van der Waals surface area contributed by atoms with Gasteiger partial charge in [-0.05, 0) is 60.7 Å². The van der Waals surface area contributed by atoms with Crippen molar-refractivity contribution < 1.29 is 0 Å².